The Morgan fingerprint density at radius 3 is 2.65 bits per heavy atom. The third kappa shape index (κ3) is 5.73. The SMILES string of the molecule is C=CC(=O)Nc1cc(Nc2nccc(-c3c(C)[nH]c4ccccc34)n2)c(OC)cc1N(C)CCN(C)C. The molecule has 0 saturated heterocycles. The van der Waals surface area contributed by atoms with E-state index in [0.29, 0.717) is 23.1 Å². The van der Waals surface area contributed by atoms with Gasteiger partial charge in [0.1, 0.15) is 5.75 Å². The first-order valence-electron chi connectivity index (χ1n) is 12.0. The quantitative estimate of drug-likeness (QED) is 0.269. The predicted molar refractivity (Wildman–Crippen MR) is 151 cm³/mol. The number of anilines is 4. The molecule has 0 spiro atoms. The van der Waals surface area contributed by atoms with Gasteiger partial charge in [-0.05, 0) is 45.3 Å². The van der Waals surface area contributed by atoms with Crippen molar-refractivity contribution in [2.75, 3.05) is 56.9 Å². The number of ether oxygens (including phenoxy) is 1. The molecule has 0 bridgehead atoms. The van der Waals surface area contributed by atoms with Crippen molar-refractivity contribution in [3.63, 3.8) is 0 Å². The molecule has 192 valence electrons. The van der Waals surface area contributed by atoms with Crippen molar-refractivity contribution in [1.29, 1.82) is 0 Å². The largest absolute Gasteiger partial charge is 0.494 e. The van der Waals surface area contributed by atoms with E-state index in [1.54, 1.807) is 13.3 Å². The first kappa shape index (κ1) is 25.7. The van der Waals surface area contributed by atoms with Crippen LogP contribution in [0.2, 0.25) is 0 Å². The van der Waals surface area contributed by atoms with Gasteiger partial charge in [-0.25, -0.2) is 9.97 Å². The summed E-state index contributed by atoms with van der Waals surface area (Å²) >= 11 is 0. The number of aryl methyl sites for hydroxylation is 1. The average molecular weight is 500 g/mol. The van der Waals surface area contributed by atoms with Crippen LogP contribution in [0.4, 0.5) is 23.0 Å². The lowest BCUT2D eigenvalue weighted by Crippen LogP contribution is -2.29. The lowest BCUT2D eigenvalue weighted by molar-refractivity contribution is -0.111. The number of likely N-dealkylation sites (N-methyl/N-ethyl adjacent to an activating group) is 2. The monoisotopic (exact) mass is 499 g/mol. The highest BCUT2D eigenvalue weighted by Crippen LogP contribution is 2.38. The van der Waals surface area contributed by atoms with Crippen LogP contribution in [0.1, 0.15) is 5.69 Å². The standard InChI is InChI=1S/C28H33N7O2/c1-7-26(36)31-22-16-23(25(37-6)17-24(22)35(5)15-14-34(3)4)33-28-29-13-12-21(32-28)27-18(2)30-20-11-9-8-10-19(20)27/h7-13,16-17,30H,1,14-15H2,2-6H3,(H,31,36)(H,29,32,33). The number of aromatic nitrogens is 3. The highest BCUT2D eigenvalue weighted by molar-refractivity contribution is 6.02. The van der Waals surface area contributed by atoms with Crippen LogP contribution in [0.25, 0.3) is 22.2 Å². The van der Waals surface area contributed by atoms with Crippen LogP contribution in [0.15, 0.2) is 61.3 Å². The molecule has 0 aliphatic carbocycles. The fourth-order valence-corrected chi connectivity index (χ4v) is 4.19. The summed E-state index contributed by atoms with van der Waals surface area (Å²) in [6.07, 6.45) is 2.97. The van der Waals surface area contributed by atoms with Crippen molar-refractivity contribution < 1.29 is 9.53 Å². The number of carbonyl (C=O) groups excluding carboxylic acids is 1. The Bertz CT molecular complexity index is 1430. The van der Waals surface area contributed by atoms with E-state index < -0.39 is 0 Å². The smallest absolute Gasteiger partial charge is 0.247 e. The van der Waals surface area contributed by atoms with Gasteiger partial charge >= 0.3 is 0 Å². The van der Waals surface area contributed by atoms with Crippen LogP contribution in [0, 0.1) is 6.92 Å². The Kier molecular flexibility index (Phi) is 7.74. The molecule has 9 heteroatoms. The number of para-hydroxylation sites is 1. The summed E-state index contributed by atoms with van der Waals surface area (Å²) in [7, 11) is 7.63. The molecule has 0 aliphatic heterocycles. The summed E-state index contributed by atoms with van der Waals surface area (Å²) in [5.41, 5.74) is 5.99. The molecular formula is C28H33N7O2. The summed E-state index contributed by atoms with van der Waals surface area (Å²) < 4.78 is 5.71. The van der Waals surface area contributed by atoms with Gasteiger partial charge in [0.2, 0.25) is 11.9 Å². The summed E-state index contributed by atoms with van der Waals surface area (Å²) in [5.74, 6) is 0.710. The van der Waals surface area contributed by atoms with Gasteiger partial charge in [-0.1, -0.05) is 24.8 Å². The number of amides is 1. The molecule has 4 aromatic rings. The lowest BCUT2D eigenvalue weighted by atomic mass is 10.1. The van der Waals surface area contributed by atoms with E-state index in [4.69, 9.17) is 9.72 Å². The maximum atomic E-state index is 12.2. The second kappa shape index (κ2) is 11.1. The molecule has 37 heavy (non-hydrogen) atoms. The van der Waals surface area contributed by atoms with Gasteiger partial charge in [0.25, 0.3) is 0 Å². The highest BCUT2D eigenvalue weighted by atomic mass is 16.5. The molecule has 0 fully saturated rings. The molecule has 2 aromatic carbocycles. The fourth-order valence-electron chi connectivity index (χ4n) is 4.19. The number of aromatic amines is 1. The first-order chi connectivity index (χ1) is 17.8. The number of carbonyl (C=O) groups is 1. The van der Waals surface area contributed by atoms with Crippen molar-refractivity contribution in [2.24, 2.45) is 0 Å². The number of methoxy groups -OCH3 is 1. The molecular weight excluding hydrogens is 466 g/mol. The van der Waals surface area contributed by atoms with Gasteiger partial charge in [0.15, 0.2) is 0 Å². The Balaban J connectivity index is 1.71. The van der Waals surface area contributed by atoms with E-state index >= 15 is 0 Å². The zero-order valence-corrected chi connectivity index (χ0v) is 21.9. The van der Waals surface area contributed by atoms with Crippen LogP contribution in [-0.2, 0) is 4.79 Å². The Morgan fingerprint density at radius 1 is 1.14 bits per heavy atom. The van der Waals surface area contributed by atoms with Crippen LogP contribution in [-0.4, -0.2) is 67.1 Å². The van der Waals surface area contributed by atoms with Crippen molar-refractivity contribution >= 4 is 39.8 Å². The lowest BCUT2D eigenvalue weighted by Gasteiger charge is -2.26. The van der Waals surface area contributed by atoms with Gasteiger partial charge in [-0.3, -0.25) is 4.79 Å². The molecule has 9 nitrogen and oxygen atoms in total. The number of H-pyrrole nitrogens is 1. The third-order valence-corrected chi connectivity index (χ3v) is 6.11. The molecule has 3 N–H and O–H groups in total. The van der Waals surface area contributed by atoms with Crippen molar-refractivity contribution in [3.8, 4) is 17.0 Å². The summed E-state index contributed by atoms with van der Waals surface area (Å²) in [6, 6.07) is 13.8. The van der Waals surface area contributed by atoms with E-state index in [1.807, 2.05) is 64.5 Å². The topological polar surface area (TPSA) is 98.4 Å². The maximum Gasteiger partial charge on any atom is 0.247 e. The third-order valence-electron chi connectivity index (χ3n) is 6.11. The highest BCUT2D eigenvalue weighted by Gasteiger charge is 2.17. The molecule has 0 atom stereocenters. The average Bonchev–Trinajstić information content (AvgIpc) is 3.23. The number of fused-ring (bicyclic) bond motifs is 1. The molecule has 0 aliphatic rings. The van der Waals surface area contributed by atoms with E-state index in [2.05, 4.69) is 43.0 Å². The Hall–Kier alpha value is -4.37. The van der Waals surface area contributed by atoms with Gasteiger partial charge < -0.3 is 30.2 Å². The molecule has 1 amide bonds. The van der Waals surface area contributed by atoms with Crippen LogP contribution >= 0.6 is 0 Å². The zero-order chi connectivity index (χ0) is 26.5. The number of hydrogen-bond acceptors (Lipinski definition) is 7. The second-order valence-corrected chi connectivity index (χ2v) is 9.05. The van der Waals surface area contributed by atoms with Crippen LogP contribution in [0.3, 0.4) is 0 Å². The predicted octanol–water partition coefficient (Wildman–Crippen LogP) is 4.81. The minimum Gasteiger partial charge on any atom is -0.494 e. The van der Waals surface area contributed by atoms with Crippen molar-refractivity contribution in [1.82, 2.24) is 19.9 Å². The Labute approximate surface area is 217 Å². The van der Waals surface area contributed by atoms with Crippen LogP contribution < -0.4 is 20.3 Å². The maximum absolute atomic E-state index is 12.2. The van der Waals surface area contributed by atoms with Crippen molar-refractivity contribution in [3.05, 3.63) is 67.0 Å². The summed E-state index contributed by atoms with van der Waals surface area (Å²) in [6.45, 7) is 7.23. The van der Waals surface area contributed by atoms with Gasteiger partial charge in [-0.2, -0.15) is 0 Å². The molecule has 2 aromatic heterocycles. The normalized spacial score (nSPS) is 11.0. The fraction of sp³-hybridized carbons (Fsp3) is 0.250. The molecule has 2 heterocycles. The first-order valence-corrected chi connectivity index (χ1v) is 12.0. The minimum atomic E-state index is -0.300. The van der Waals surface area contributed by atoms with Crippen molar-refractivity contribution in [2.45, 2.75) is 6.92 Å². The number of hydrogen-bond donors (Lipinski definition) is 3. The second-order valence-electron chi connectivity index (χ2n) is 9.05. The molecule has 0 unspecified atom stereocenters. The van der Waals surface area contributed by atoms with E-state index in [-0.39, 0.29) is 5.91 Å². The number of nitrogens with one attached hydrogen (secondary N) is 3. The van der Waals surface area contributed by atoms with E-state index in [9.17, 15) is 4.79 Å². The molecule has 4 rings (SSSR count). The Morgan fingerprint density at radius 2 is 1.92 bits per heavy atom. The minimum absolute atomic E-state index is 0.300. The molecule has 0 saturated carbocycles. The number of rotatable bonds is 10. The van der Waals surface area contributed by atoms with Gasteiger partial charge in [0, 0.05) is 54.6 Å². The zero-order valence-electron chi connectivity index (χ0n) is 21.9. The number of benzene rings is 2. The van der Waals surface area contributed by atoms with Gasteiger partial charge in [-0.15, -0.1) is 0 Å². The van der Waals surface area contributed by atoms with Crippen LogP contribution in [0.5, 0.6) is 5.75 Å². The van der Waals surface area contributed by atoms with Gasteiger partial charge in [0.05, 0.1) is 29.9 Å². The summed E-state index contributed by atoms with van der Waals surface area (Å²) in [4.78, 5) is 29.0. The van der Waals surface area contributed by atoms with E-state index in [1.165, 1.54) is 6.08 Å². The number of nitrogens with zero attached hydrogens (tertiary/aromatic N) is 4. The molecule has 0 radical (unpaired) electrons. The van der Waals surface area contributed by atoms with E-state index in [0.717, 1.165) is 46.6 Å². The summed E-state index contributed by atoms with van der Waals surface area (Å²) in [5, 5.41) is 7.29.